The van der Waals surface area contributed by atoms with Crippen LogP contribution in [-0.2, 0) is 19.6 Å². The van der Waals surface area contributed by atoms with Crippen molar-refractivity contribution in [2.75, 3.05) is 52.5 Å². The second-order valence-corrected chi connectivity index (χ2v) is 9.55. The van der Waals surface area contributed by atoms with Crippen LogP contribution in [0, 0.1) is 5.82 Å². The maximum Gasteiger partial charge on any atom is 0.244 e. The SMILES string of the molecule is O=C([C@@H](c1ccccc1F)N1CCOCC1)N1CCN(S(=O)(=O)c2ccccc2)CC1. The third kappa shape index (κ3) is 4.64. The number of ether oxygens (including phenoxy) is 1. The van der Waals surface area contributed by atoms with Gasteiger partial charge >= 0.3 is 0 Å². The molecule has 2 aliphatic heterocycles. The molecule has 1 atom stereocenters. The molecule has 0 aromatic heterocycles. The second kappa shape index (κ2) is 9.44. The molecule has 2 heterocycles. The van der Waals surface area contributed by atoms with Crippen molar-refractivity contribution in [3.63, 3.8) is 0 Å². The van der Waals surface area contributed by atoms with E-state index in [1.54, 1.807) is 53.4 Å². The Bertz CT molecular complexity index is 1000. The van der Waals surface area contributed by atoms with Gasteiger partial charge in [0.15, 0.2) is 0 Å². The highest BCUT2D eigenvalue weighted by atomic mass is 32.2. The van der Waals surface area contributed by atoms with Crippen molar-refractivity contribution < 1.29 is 22.3 Å². The largest absolute Gasteiger partial charge is 0.379 e. The maximum atomic E-state index is 14.6. The number of halogens is 1. The lowest BCUT2D eigenvalue weighted by atomic mass is 10.0. The van der Waals surface area contributed by atoms with Gasteiger partial charge in [0.1, 0.15) is 11.9 Å². The zero-order valence-electron chi connectivity index (χ0n) is 17.2. The fraction of sp³-hybridized carbons (Fsp3) is 0.409. The first-order valence-corrected chi connectivity index (χ1v) is 11.8. The summed E-state index contributed by atoms with van der Waals surface area (Å²) in [5.74, 6) is -0.624. The number of carbonyl (C=O) groups excluding carboxylic acids is 1. The number of nitrogens with zero attached hydrogens (tertiary/aromatic N) is 3. The van der Waals surface area contributed by atoms with Gasteiger partial charge in [-0.3, -0.25) is 9.69 Å². The summed E-state index contributed by atoms with van der Waals surface area (Å²) in [5.41, 5.74) is 0.341. The molecule has 2 saturated heterocycles. The summed E-state index contributed by atoms with van der Waals surface area (Å²) in [6.07, 6.45) is 0. The first-order chi connectivity index (χ1) is 15.0. The molecule has 2 aliphatic rings. The average molecular weight is 448 g/mol. The van der Waals surface area contributed by atoms with E-state index in [2.05, 4.69) is 0 Å². The van der Waals surface area contributed by atoms with Crippen molar-refractivity contribution in [3.8, 4) is 0 Å². The first kappa shape index (κ1) is 21.9. The van der Waals surface area contributed by atoms with E-state index >= 15 is 0 Å². The van der Waals surface area contributed by atoms with Crippen LogP contribution < -0.4 is 0 Å². The summed E-state index contributed by atoms with van der Waals surface area (Å²) in [7, 11) is -3.60. The third-order valence-corrected chi connectivity index (χ3v) is 7.69. The number of sulfonamides is 1. The molecular formula is C22H26FN3O4S. The van der Waals surface area contributed by atoms with Gasteiger partial charge in [0.25, 0.3) is 0 Å². The smallest absolute Gasteiger partial charge is 0.244 e. The van der Waals surface area contributed by atoms with Gasteiger partial charge in [-0.25, -0.2) is 12.8 Å². The molecule has 0 radical (unpaired) electrons. The molecule has 166 valence electrons. The molecule has 0 N–H and O–H groups in total. The maximum absolute atomic E-state index is 14.6. The van der Waals surface area contributed by atoms with E-state index in [0.29, 0.717) is 31.9 Å². The van der Waals surface area contributed by atoms with Gasteiger partial charge < -0.3 is 9.64 Å². The van der Waals surface area contributed by atoms with E-state index in [0.717, 1.165) is 0 Å². The van der Waals surface area contributed by atoms with Gasteiger partial charge in [0, 0.05) is 44.8 Å². The van der Waals surface area contributed by atoms with Crippen LogP contribution in [0.5, 0.6) is 0 Å². The Balaban J connectivity index is 1.51. The molecule has 7 nitrogen and oxygen atoms in total. The van der Waals surface area contributed by atoms with Crippen molar-refractivity contribution in [1.29, 1.82) is 0 Å². The number of amides is 1. The molecular weight excluding hydrogens is 421 g/mol. The van der Waals surface area contributed by atoms with Gasteiger partial charge in [-0.1, -0.05) is 36.4 Å². The van der Waals surface area contributed by atoms with Gasteiger partial charge in [-0.05, 0) is 18.2 Å². The van der Waals surface area contributed by atoms with Crippen molar-refractivity contribution in [3.05, 3.63) is 66.0 Å². The van der Waals surface area contributed by atoms with Crippen molar-refractivity contribution in [2.24, 2.45) is 0 Å². The van der Waals surface area contributed by atoms with Crippen LogP contribution in [0.1, 0.15) is 11.6 Å². The van der Waals surface area contributed by atoms with Gasteiger partial charge in [0.2, 0.25) is 15.9 Å². The van der Waals surface area contributed by atoms with E-state index in [4.69, 9.17) is 4.74 Å². The van der Waals surface area contributed by atoms with E-state index < -0.39 is 21.9 Å². The minimum atomic E-state index is -3.60. The fourth-order valence-corrected chi connectivity index (χ4v) is 5.52. The highest BCUT2D eigenvalue weighted by Crippen LogP contribution is 2.28. The van der Waals surface area contributed by atoms with E-state index in [9.17, 15) is 17.6 Å². The Labute approximate surface area is 182 Å². The number of hydrogen-bond acceptors (Lipinski definition) is 5. The summed E-state index contributed by atoms with van der Waals surface area (Å²) in [4.78, 5) is 17.3. The number of carbonyl (C=O) groups is 1. The molecule has 9 heteroatoms. The molecule has 0 bridgehead atoms. The normalized spacial score (nSPS) is 19.8. The minimum Gasteiger partial charge on any atom is -0.379 e. The Morgan fingerprint density at radius 1 is 0.871 bits per heavy atom. The van der Waals surface area contributed by atoms with E-state index in [1.165, 1.54) is 10.4 Å². The Morgan fingerprint density at radius 2 is 1.48 bits per heavy atom. The quantitative estimate of drug-likeness (QED) is 0.698. The molecule has 1 amide bonds. The Morgan fingerprint density at radius 3 is 2.13 bits per heavy atom. The lowest BCUT2D eigenvalue weighted by molar-refractivity contribution is -0.140. The molecule has 2 aromatic carbocycles. The number of hydrogen-bond donors (Lipinski definition) is 0. The number of benzene rings is 2. The molecule has 0 aliphatic carbocycles. The summed E-state index contributed by atoms with van der Waals surface area (Å²) >= 11 is 0. The van der Waals surface area contributed by atoms with Crippen LogP contribution in [0.25, 0.3) is 0 Å². The van der Waals surface area contributed by atoms with Crippen LogP contribution in [-0.4, -0.2) is 80.9 Å². The first-order valence-electron chi connectivity index (χ1n) is 10.4. The predicted octanol–water partition coefficient (Wildman–Crippen LogP) is 1.73. The zero-order chi connectivity index (χ0) is 21.8. The molecule has 2 fully saturated rings. The third-order valence-electron chi connectivity index (χ3n) is 5.78. The summed E-state index contributed by atoms with van der Waals surface area (Å²) in [6, 6.07) is 13.9. The number of piperazine rings is 1. The molecule has 0 saturated carbocycles. The molecule has 4 rings (SSSR count). The van der Waals surface area contributed by atoms with Crippen LogP contribution in [0.4, 0.5) is 4.39 Å². The zero-order valence-corrected chi connectivity index (χ0v) is 18.0. The van der Waals surface area contributed by atoms with Gasteiger partial charge in [-0.15, -0.1) is 0 Å². The monoisotopic (exact) mass is 447 g/mol. The summed E-state index contributed by atoms with van der Waals surface area (Å²) in [5, 5.41) is 0. The topological polar surface area (TPSA) is 70.2 Å². The van der Waals surface area contributed by atoms with Crippen molar-refractivity contribution in [2.45, 2.75) is 10.9 Å². The standard InChI is InChI=1S/C22H26FN3O4S/c23-20-9-5-4-8-19(20)21(24-14-16-30-17-15-24)22(27)25-10-12-26(13-11-25)31(28,29)18-6-2-1-3-7-18/h1-9,21H,10-17H2/t21-/m1/s1. The van der Waals surface area contributed by atoms with Crippen LogP contribution in [0.3, 0.4) is 0 Å². The van der Waals surface area contributed by atoms with Crippen LogP contribution in [0.15, 0.2) is 59.5 Å². The van der Waals surface area contributed by atoms with Crippen LogP contribution >= 0.6 is 0 Å². The Hall–Kier alpha value is -2.33. The summed E-state index contributed by atoms with van der Waals surface area (Å²) in [6.45, 7) is 2.98. The number of rotatable bonds is 5. The highest BCUT2D eigenvalue weighted by Gasteiger charge is 2.37. The minimum absolute atomic E-state index is 0.204. The predicted molar refractivity (Wildman–Crippen MR) is 113 cm³/mol. The van der Waals surface area contributed by atoms with Gasteiger partial charge in [-0.2, -0.15) is 4.31 Å². The lowest BCUT2D eigenvalue weighted by Crippen LogP contribution is -2.54. The Kier molecular flexibility index (Phi) is 6.66. The van der Waals surface area contributed by atoms with E-state index in [1.807, 2.05) is 4.90 Å². The fourth-order valence-electron chi connectivity index (χ4n) is 4.08. The van der Waals surface area contributed by atoms with Crippen LogP contribution in [0.2, 0.25) is 0 Å². The highest BCUT2D eigenvalue weighted by molar-refractivity contribution is 7.89. The van der Waals surface area contributed by atoms with Crippen molar-refractivity contribution in [1.82, 2.24) is 14.1 Å². The average Bonchev–Trinajstić information content (AvgIpc) is 2.82. The molecule has 0 unspecified atom stereocenters. The number of morpholine rings is 1. The molecule has 0 spiro atoms. The summed E-state index contributed by atoms with van der Waals surface area (Å²) < 4.78 is 47.1. The lowest BCUT2D eigenvalue weighted by Gasteiger charge is -2.40. The van der Waals surface area contributed by atoms with Gasteiger partial charge in [0.05, 0.1) is 18.1 Å². The second-order valence-electron chi connectivity index (χ2n) is 7.61. The molecule has 2 aromatic rings. The van der Waals surface area contributed by atoms with Crippen molar-refractivity contribution >= 4 is 15.9 Å². The van der Waals surface area contributed by atoms with E-state index in [-0.39, 0.29) is 37.0 Å². The molecule has 31 heavy (non-hydrogen) atoms.